The molecule has 1 aromatic carbocycles. The second-order valence-corrected chi connectivity index (χ2v) is 3.30. The molecule has 2 rings (SSSR count). The minimum atomic E-state index is -0.597. The Kier molecular flexibility index (Phi) is 2.13. The van der Waals surface area contributed by atoms with Gasteiger partial charge in [0.15, 0.2) is 0 Å². The predicted molar refractivity (Wildman–Crippen MR) is 55.7 cm³/mol. The van der Waals surface area contributed by atoms with Crippen molar-refractivity contribution in [1.29, 1.82) is 0 Å². The number of nitrogens with zero attached hydrogens (tertiary/aromatic N) is 1. The van der Waals surface area contributed by atoms with Gasteiger partial charge in [0.2, 0.25) is 0 Å². The summed E-state index contributed by atoms with van der Waals surface area (Å²) in [5.74, 6) is 0.842. The largest absolute Gasteiger partial charge is 0.342 e. The molecule has 0 unspecified atom stereocenters. The smallest absolute Gasteiger partial charge is 0.318 e. The number of aromatic amines is 1. The van der Waals surface area contributed by atoms with E-state index in [0.29, 0.717) is 5.69 Å². The predicted octanol–water partition coefficient (Wildman–Crippen LogP) is 2.64. The van der Waals surface area contributed by atoms with Crippen LogP contribution in [0.25, 0.3) is 11.0 Å². The summed E-state index contributed by atoms with van der Waals surface area (Å²) in [5.41, 5.74) is 2.40. The van der Waals surface area contributed by atoms with E-state index in [1.54, 1.807) is 12.1 Å². The van der Waals surface area contributed by atoms with Gasteiger partial charge in [-0.2, -0.15) is 0 Å². The highest BCUT2D eigenvalue weighted by molar-refractivity contribution is 6.65. The Hall–Kier alpha value is -1.55. The number of fused-ring (bicyclic) bond motifs is 1. The number of amides is 1. The van der Waals surface area contributed by atoms with E-state index in [1.807, 2.05) is 13.0 Å². The highest BCUT2D eigenvalue weighted by Crippen LogP contribution is 2.17. The summed E-state index contributed by atoms with van der Waals surface area (Å²) in [6.45, 7) is 1.87. The molecule has 5 heteroatoms. The minimum absolute atomic E-state index is 0.597. The number of aromatic nitrogens is 2. The van der Waals surface area contributed by atoms with Crippen molar-refractivity contribution < 1.29 is 4.79 Å². The maximum Gasteiger partial charge on any atom is 0.318 e. The summed E-state index contributed by atoms with van der Waals surface area (Å²) in [7, 11) is 0. The van der Waals surface area contributed by atoms with E-state index in [9.17, 15) is 4.79 Å². The molecule has 1 aromatic heterocycles. The maximum atomic E-state index is 10.6. The van der Waals surface area contributed by atoms with Crippen molar-refractivity contribution in [3.8, 4) is 0 Å². The molecule has 1 amide bonds. The number of H-pyrrole nitrogens is 1. The van der Waals surface area contributed by atoms with E-state index in [-0.39, 0.29) is 0 Å². The van der Waals surface area contributed by atoms with E-state index in [0.717, 1.165) is 16.9 Å². The number of hydrogen-bond donors (Lipinski definition) is 2. The lowest BCUT2D eigenvalue weighted by Gasteiger charge is -1.98. The van der Waals surface area contributed by atoms with Gasteiger partial charge < -0.3 is 10.3 Å². The van der Waals surface area contributed by atoms with Crippen LogP contribution in [-0.4, -0.2) is 15.3 Å². The van der Waals surface area contributed by atoms with Gasteiger partial charge in [0.1, 0.15) is 5.82 Å². The maximum absolute atomic E-state index is 10.6. The SMILES string of the molecule is Cc1nc2ccc(NC(=O)Cl)cc2[nH]1. The van der Waals surface area contributed by atoms with Crippen LogP contribution < -0.4 is 5.32 Å². The van der Waals surface area contributed by atoms with Gasteiger partial charge in [-0.15, -0.1) is 0 Å². The van der Waals surface area contributed by atoms with Crippen LogP contribution in [-0.2, 0) is 0 Å². The molecular formula is C9H8ClN3O. The van der Waals surface area contributed by atoms with Crippen LogP contribution in [0.1, 0.15) is 5.82 Å². The molecule has 2 N–H and O–H groups in total. The molecule has 14 heavy (non-hydrogen) atoms. The Balaban J connectivity index is 2.45. The fraction of sp³-hybridized carbons (Fsp3) is 0.111. The highest BCUT2D eigenvalue weighted by Gasteiger charge is 2.01. The van der Waals surface area contributed by atoms with Gasteiger partial charge in [-0.3, -0.25) is 4.79 Å². The third-order valence-corrected chi connectivity index (χ3v) is 1.94. The Morgan fingerprint density at radius 1 is 1.57 bits per heavy atom. The summed E-state index contributed by atoms with van der Waals surface area (Å²) < 4.78 is 0. The summed E-state index contributed by atoms with van der Waals surface area (Å²) in [6, 6.07) is 5.36. The van der Waals surface area contributed by atoms with Gasteiger partial charge in [0.05, 0.1) is 11.0 Å². The molecule has 0 fully saturated rings. The number of nitrogens with one attached hydrogen (secondary N) is 2. The monoisotopic (exact) mass is 209 g/mol. The van der Waals surface area contributed by atoms with Crippen LogP contribution >= 0.6 is 11.6 Å². The van der Waals surface area contributed by atoms with E-state index < -0.39 is 5.37 Å². The van der Waals surface area contributed by atoms with Crippen LogP contribution in [0, 0.1) is 6.92 Å². The van der Waals surface area contributed by atoms with Gasteiger partial charge >= 0.3 is 5.37 Å². The zero-order chi connectivity index (χ0) is 10.1. The first-order valence-corrected chi connectivity index (χ1v) is 4.46. The molecular weight excluding hydrogens is 202 g/mol. The normalized spacial score (nSPS) is 10.4. The molecule has 2 aromatic rings. The molecule has 0 aliphatic carbocycles. The van der Waals surface area contributed by atoms with Crippen molar-refractivity contribution in [3.63, 3.8) is 0 Å². The first-order chi connectivity index (χ1) is 6.65. The van der Waals surface area contributed by atoms with Gasteiger partial charge in [-0.1, -0.05) is 0 Å². The van der Waals surface area contributed by atoms with E-state index in [1.165, 1.54) is 0 Å². The fourth-order valence-electron chi connectivity index (χ4n) is 1.33. The number of carbonyl (C=O) groups is 1. The molecule has 0 bridgehead atoms. The van der Waals surface area contributed by atoms with E-state index in [2.05, 4.69) is 15.3 Å². The summed E-state index contributed by atoms with van der Waals surface area (Å²) in [4.78, 5) is 17.9. The van der Waals surface area contributed by atoms with Crippen LogP contribution in [0.2, 0.25) is 0 Å². The lowest BCUT2D eigenvalue weighted by atomic mass is 10.3. The van der Waals surface area contributed by atoms with Crippen molar-refractivity contribution in [1.82, 2.24) is 9.97 Å². The molecule has 4 nitrogen and oxygen atoms in total. The Labute approximate surface area is 85.3 Å². The number of anilines is 1. The van der Waals surface area contributed by atoms with Crippen LogP contribution in [0.5, 0.6) is 0 Å². The quantitative estimate of drug-likeness (QED) is 0.560. The molecule has 0 radical (unpaired) electrons. The van der Waals surface area contributed by atoms with Gasteiger partial charge in [0.25, 0.3) is 0 Å². The minimum Gasteiger partial charge on any atom is -0.342 e. The van der Waals surface area contributed by atoms with E-state index in [4.69, 9.17) is 11.6 Å². The Morgan fingerprint density at radius 3 is 3.07 bits per heavy atom. The van der Waals surface area contributed by atoms with Crippen molar-refractivity contribution >= 4 is 33.7 Å². The second-order valence-electron chi connectivity index (χ2n) is 2.95. The molecule has 0 saturated heterocycles. The third kappa shape index (κ3) is 1.70. The molecule has 0 aliphatic rings. The Morgan fingerprint density at radius 2 is 2.36 bits per heavy atom. The number of halogens is 1. The van der Waals surface area contributed by atoms with Crippen molar-refractivity contribution in [2.45, 2.75) is 6.92 Å². The first-order valence-electron chi connectivity index (χ1n) is 4.08. The topological polar surface area (TPSA) is 57.8 Å². The summed E-state index contributed by atoms with van der Waals surface area (Å²) in [6.07, 6.45) is 0. The first kappa shape index (κ1) is 9.02. The fourth-order valence-corrected chi connectivity index (χ4v) is 1.44. The number of rotatable bonds is 1. The van der Waals surface area contributed by atoms with Crippen LogP contribution in [0.15, 0.2) is 18.2 Å². The molecule has 1 heterocycles. The second kappa shape index (κ2) is 3.31. The lowest BCUT2D eigenvalue weighted by Crippen LogP contribution is -2.00. The average Bonchev–Trinajstić information content (AvgIpc) is 2.42. The molecule has 0 atom stereocenters. The van der Waals surface area contributed by atoms with Gasteiger partial charge in [-0.05, 0) is 36.7 Å². The zero-order valence-electron chi connectivity index (χ0n) is 7.47. The van der Waals surface area contributed by atoms with Crippen molar-refractivity contribution in [2.24, 2.45) is 0 Å². The number of benzene rings is 1. The molecule has 0 spiro atoms. The third-order valence-electron chi connectivity index (χ3n) is 1.84. The number of hydrogen-bond acceptors (Lipinski definition) is 2. The number of aryl methyl sites for hydroxylation is 1. The Bertz CT molecular complexity index is 492. The average molecular weight is 210 g/mol. The van der Waals surface area contributed by atoms with Crippen molar-refractivity contribution in [2.75, 3.05) is 5.32 Å². The zero-order valence-corrected chi connectivity index (χ0v) is 8.22. The molecule has 0 aliphatic heterocycles. The van der Waals surface area contributed by atoms with Gasteiger partial charge in [-0.25, -0.2) is 4.98 Å². The number of carbonyl (C=O) groups excluding carboxylic acids is 1. The molecule has 0 saturated carbocycles. The standard InChI is InChI=1S/C9H8ClN3O/c1-5-11-7-3-2-6(13-9(10)14)4-8(7)12-5/h2-4H,1H3,(H,11,12)(H,13,14). The van der Waals surface area contributed by atoms with Crippen LogP contribution in [0.4, 0.5) is 10.5 Å². The van der Waals surface area contributed by atoms with Crippen LogP contribution in [0.3, 0.4) is 0 Å². The summed E-state index contributed by atoms with van der Waals surface area (Å²) >= 11 is 5.19. The van der Waals surface area contributed by atoms with Gasteiger partial charge in [0, 0.05) is 5.69 Å². The molecule has 72 valence electrons. The van der Waals surface area contributed by atoms with E-state index >= 15 is 0 Å². The summed E-state index contributed by atoms with van der Waals surface area (Å²) in [5, 5.41) is 1.89. The lowest BCUT2D eigenvalue weighted by molar-refractivity contribution is 0.269. The highest BCUT2D eigenvalue weighted by atomic mass is 35.5. The van der Waals surface area contributed by atoms with Crippen molar-refractivity contribution in [3.05, 3.63) is 24.0 Å². The number of imidazole rings is 1.